The van der Waals surface area contributed by atoms with Crippen molar-refractivity contribution in [2.24, 2.45) is 56.2 Å². The number of likely N-dealkylation sites (N-methyl/N-ethyl adjacent to an activating group) is 1. The topological polar surface area (TPSA) is 74.5 Å². The molecule has 1 aromatic heterocycles. The number of halogens is 2. The summed E-state index contributed by atoms with van der Waals surface area (Å²) >= 11 is 0. The molecule has 5 saturated carbocycles. The molecule has 0 atom stereocenters. The van der Waals surface area contributed by atoms with Crippen molar-refractivity contribution < 1.29 is 8.78 Å². The molecule has 0 N–H and O–H groups in total. The van der Waals surface area contributed by atoms with Crippen LogP contribution >= 0.6 is 0 Å². The van der Waals surface area contributed by atoms with Crippen molar-refractivity contribution in [1.82, 2.24) is 93.2 Å². The van der Waals surface area contributed by atoms with E-state index >= 15 is 0 Å². The fourth-order valence-electron chi connectivity index (χ4n) is 25.7. The van der Waals surface area contributed by atoms with Crippen LogP contribution in [0, 0.1) is 62.0 Å². The average molecular weight is 2110 g/mol. The van der Waals surface area contributed by atoms with E-state index < -0.39 is 5.67 Å². The lowest BCUT2D eigenvalue weighted by Gasteiger charge is -2.63. The first-order valence-corrected chi connectivity index (χ1v) is 62.0. The molecule has 3 spiro atoms. The molecule has 0 aromatic carbocycles. The van der Waals surface area contributed by atoms with Crippen molar-refractivity contribution >= 4 is 5.82 Å². The number of aromatic nitrogens is 1. The van der Waals surface area contributed by atoms with Crippen LogP contribution in [-0.2, 0) is 0 Å². The second kappa shape index (κ2) is 50.2. The number of hydrogen-bond acceptors (Lipinski definition) is 20. The summed E-state index contributed by atoms with van der Waals surface area (Å²) in [7, 11) is 10.9. The maximum atomic E-state index is 13.4. The predicted octanol–water partition coefficient (Wildman–Crippen LogP) is 22.2. The number of likely N-dealkylation sites (tertiary alicyclic amines) is 14. The largest absolute Gasteiger partial charge is 0.353 e. The molecule has 22 rings (SSSR count). The maximum absolute atomic E-state index is 13.4. The van der Waals surface area contributed by atoms with E-state index in [2.05, 4.69) is 385 Å². The van der Waals surface area contributed by atoms with E-state index in [-0.39, 0.29) is 11.4 Å². The fourth-order valence-corrected chi connectivity index (χ4v) is 25.7. The number of anilines is 1. The minimum atomic E-state index is -0.915. The van der Waals surface area contributed by atoms with Gasteiger partial charge >= 0.3 is 0 Å². The Labute approximate surface area is 927 Å². The van der Waals surface area contributed by atoms with Crippen molar-refractivity contribution in [1.29, 1.82) is 0 Å². The van der Waals surface area contributed by atoms with Crippen LogP contribution in [0.4, 0.5) is 14.6 Å². The van der Waals surface area contributed by atoms with Gasteiger partial charge in [-0.1, -0.05) is 81.6 Å². The third kappa shape index (κ3) is 37.6. The lowest BCUT2D eigenvalue weighted by atomic mass is 9.62. The number of nitrogens with zero attached hydrogens (tertiary/aromatic N) is 20. The van der Waals surface area contributed by atoms with E-state index in [0.29, 0.717) is 102 Å². The van der Waals surface area contributed by atoms with Gasteiger partial charge in [0.1, 0.15) is 5.67 Å². The van der Waals surface area contributed by atoms with Gasteiger partial charge in [-0.15, -0.1) is 0 Å². The van der Waals surface area contributed by atoms with Crippen LogP contribution < -0.4 is 4.90 Å². The number of piperidine rings is 1. The van der Waals surface area contributed by atoms with Crippen LogP contribution in [0.5, 0.6) is 0 Å². The first-order chi connectivity index (χ1) is 68.7. The first-order valence-electron chi connectivity index (χ1n) is 62.0. The van der Waals surface area contributed by atoms with E-state index in [1.54, 1.807) is 19.2 Å². The predicted molar refractivity (Wildman–Crippen MR) is 641 cm³/mol. The standard InChI is InChI=1S/C14H27N3.C12H17FN2.C12H23N.C11H21FN2.C11H21N.2C10H20N2.2C10H22N2.2C10H19N.C8H17N/c1-14(2,3)17-10-13(11-17)16-8-6-15(7-9-16)12-4-5-12;1-12(2,3)9-7-15(8-9)11-10(13)5-4-6-14-11;1-12(2,3)10-6-8-13(9-7-10)11-4-5-11;1-10(2,3)14-5-9(6-14)13-7-11(4,12)8-13;1-10(2,3)12-8-11(9-12)6-4-5-7-11;1-9(2,3)12-7-10(8-12)5-11(4)6-10;1-10(2,3)12-7-9(8-12)11-5-4-6-11;1-10(2,3)12-7-9(8-12)6-11(4)5;1-9(2,3)12-7-10(4,8-12)11(5)6;1-10(2,3)8-6-11(7-8)9-4-5-9;1-9(2,3)11-7-10(8-11)5-4-6-10;1-8(2,3)9-6-4-5-7-9/h12-13H,4-11H2,1-3H3;4-6,9H,7-8H2,1-3H3;10-11H,4-9H2,1-3H3;9H,5-8H2,1-4H3;4-9H2,1-3H3;5-8H2,1-4H3;9H,4-8H2,1-3H3;9H,6-8H2,1-5H3;7-8H2,1-6H3;8-9H,4-7H2,1-3H3;4-8H2,1-3H3;4-7H2,1-3H3. The van der Waals surface area contributed by atoms with Crippen LogP contribution in [0.15, 0.2) is 18.3 Å². The van der Waals surface area contributed by atoms with Gasteiger partial charge in [0.05, 0.1) is 0 Å². The second-order valence-corrected chi connectivity index (χ2v) is 65.9. The Morgan fingerprint density at radius 2 is 0.613 bits per heavy atom. The molecule has 17 heterocycles. The van der Waals surface area contributed by atoms with Gasteiger partial charge in [0.25, 0.3) is 0 Å². The minimum Gasteiger partial charge on any atom is -0.353 e. The van der Waals surface area contributed by atoms with Gasteiger partial charge in [0.15, 0.2) is 11.6 Å². The summed E-state index contributed by atoms with van der Waals surface area (Å²) in [5, 5.41) is 0. The molecule has 150 heavy (non-hydrogen) atoms. The zero-order valence-electron chi connectivity index (χ0n) is 107. The number of piperazine rings is 1. The zero-order valence-corrected chi connectivity index (χ0v) is 107. The minimum absolute atomic E-state index is 0.218. The highest BCUT2D eigenvalue weighted by Crippen LogP contribution is 2.52. The zero-order chi connectivity index (χ0) is 112. The van der Waals surface area contributed by atoms with Gasteiger partial charge < -0.3 is 24.5 Å². The Morgan fingerprint density at radius 3 is 0.907 bits per heavy atom. The molecule has 1 aromatic rings. The lowest BCUT2D eigenvalue weighted by Crippen LogP contribution is -2.73. The summed E-state index contributed by atoms with van der Waals surface area (Å²) in [6.45, 7) is 130. The highest BCUT2D eigenvalue weighted by Gasteiger charge is 2.56. The van der Waals surface area contributed by atoms with Crippen LogP contribution in [0.2, 0.25) is 0 Å². The summed E-state index contributed by atoms with van der Waals surface area (Å²) < 4.78 is 26.6. The Hall–Kier alpha value is -1.91. The number of hydrogen-bond donors (Lipinski definition) is 0. The third-order valence-corrected chi connectivity index (χ3v) is 39.5. The highest BCUT2D eigenvalue weighted by atomic mass is 19.1. The van der Waals surface area contributed by atoms with Gasteiger partial charge in [0.2, 0.25) is 0 Å². The molecule has 0 radical (unpaired) electrons. The Bertz CT molecular complexity index is 4040. The second-order valence-electron chi connectivity index (χ2n) is 65.9. The monoisotopic (exact) mass is 2100 g/mol. The van der Waals surface area contributed by atoms with Crippen molar-refractivity contribution in [3.05, 3.63) is 24.1 Å². The summed E-state index contributed by atoms with van der Waals surface area (Å²) in [5.74, 6) is 3.74. The molecule has 16 saturated heterocycles. The maximum Gasteiger partial charge on any atom is 0.165 e. The number of pyridine rings is 1. The van der Waals surface area contributed by atoms with E-state index in [1.165, 1.54) is 311 Å². The number of alkyl halides is 1. The third-order valence-electron chi connectivity index (χ3n) is 39.5. The molecule has 0 unspecified atom stereocenters. The van der Waals surface area contributed by atoms with Gasteiger partial charge in [-0.05, 0) is 434 Å². The van der Waals surface area contributed by atoms with Crippen LogP contribution in [-0.4, -0.2) is 455 Å². The van der Waals surface area contributed by atoms with Crippen LogP contribution in [0.25, 0.3) is 0 Å². The molecule has 21 aliphatic rings. The molecule has 874 valence electrons. The Balaban J connectivity index is 0.000000156. The summed E-state index contributed by atoms with van der Waals surface area (Å²) in [6.07, 6.45) is 28.0. The lowest BCUT2D eigenvalue weighted by molar-refractivity contribution is -0.136. The van der Waals surface area contributed by atoms with Gasteiger partial charge in [0, 0.05) is 293 Å². The quantitative estimate of drug-likeness (QED) is 0.223. The van der Waals surface area contributed by atoms with Crippen molar-refractivity contribution in [2.75, 3.05) is 269 Å². The normalized spacial score (nSPS) is 26.8. The number of rotatable bonds is 10. The molecule has 21 fully saturated rings. The van der Waals surface area contributed by atoms with Gasteiger partial charge in [-0.2, -0.15) is 0 Å². The van der Waals surface area contributed by atoms with Gasteiger partial charge in [-0.3, -0.25) is 68.6 Å². The highest BCUT2D eigenvalue weighted by molar-refractivity contribution is 5.43. The van der Waals surface area contributed by atoms with E-state index in [1.807, 2.05) is 4.90 Å². The summed E-state index contributed by atoms with van der Waals surface area (Å²) in [6, 6.07) is 8.37. The molecule has 20 nitrogen and oxygen atoms in total. The van der Waals surface area contributed by atoms with Crippen LogP contribution in [0.3, 0.4) is 0 Å². The molecule has 0 bridgehead atoms. The molecule has 0 amide bonds. The van der Waals surface area contributed by atoms with Crippen molar-refractivity contribution in [3.63, 3.8) is 0 Å². The SMILES string of the molecule is CC(C)(C)C1CCN(C2CC2)CC1.CC(C)(C)C1CN(C2CC2)C1.CC(C)(C)C1CN(c2ncccc2F)C1.CC(C)(C)N1CC(N2CCC2)C1.CC(C)(C)N1CC(N2CCN(C3CC3)CC2)C1.CC(C)(C)N1CC2(CCC2)C1.CC(C)(C)N1CC2(CCCC2)C1.CC(C)(C)N1CCCC1.CC1(F)CN(C2CN(C(C)(C)C)C2)C1.CN(C)C1(C)CN(C(C)(C)C)C1.CN(C)CC1CN(C(C)(C)C)C1.CN1CC2(C1)CN(C(C)(C)C)C2. The molecule has 5 aliphatic carbocycles. The summed E-state index contributed by atoms with van der Waals surface area (Å²) in [4.78, 5) is 51.8. The van der Waals surface area contributed by atoms with E-state index in [9.17, 15) is 8.78 Å². The van der Waals surface area contributed by atoms with E-state index in [4.69, 9.17) is 0 Å². The molecule has 22 heteroatoms. The molecule has 16 aliphatic heterocycles. The summed E-state index contributed by atoms with van der Waals surface area (Å²) in [5.41, 5.74) is 6.54. The van der Waals surface area contributed by atoms with Crippen molar-refractivity contribution in [3.8, 4) is 0 Å². The Morgan fingerprint density at radius 1 is 0.300 bits per heavy atom. The van der Waals surface area contributed by atoms with Crippen molar-refractivity contribution in [2.45, 2.75) is 476 Å². The molecular weight excluding hydrogens is 1860 g/mol. The smallest absolute Gasteiger partial charge is 0.165 e. The Kier molecular flexibility index (Phi) is 42.9. The average Bonchev–Trinajstić information content (AvgIpc) is 0.824. The van der Waals surface area contributed by atoms with Crippen LogP contribution in [0.1, 0.15) is 379 Å². The van der Waals surface area contributed by atoms with E-state index in [0.717, 1.165) is 85.0 Å². The fraction of sp³-hybridized carbons (Fsp3) is 0.961. The first kappa shape index (κ1) is 128. The van der Waals surface area contributed by atoms with Gasteiger partial charge in [-0.25, -0.2) is 13.8 Å². The molecular formula is C128H248F2N20.